The van der Waals surface area contributed by atoms with Crippen molar-refractivity contribution in [2.45, 2.75) is 6.92 Å². The summed E-state index contributed by atoms with van der Waals surface area (Å²) in [5.41, 5.74) is 6.41. The molecule has 0 saturated carbocycles. The molecule has 0 unspecified atom stereocenters. The topological polar surface area (TPSA) is 105 Å². The lowest BCUT2D eigenvalue weighted by Gasteiger charge is -2.08. The van der Waals surface area contributed by atoms with Gasteiger partial charge in [0, 0.05) is 11.6 Å². The number of amides is 2. The van der Waals surface area contributed by atoms with Crippen LogP contribution >= 0.6 is 0 Å². The third kappa shape index (κ3) is 5.80. The molecule has 0 aliphatic rings. The van der Waals surface area contributed by atoms with Gasteiger partial charge in [0.25, 0.3) is 11.8 Å². The van der Waals surface area contributed by atoms with Gasteiger partial charge in [0.15, 0.2) is 0 Å². The maximum atomic E-state index is 12.4. The predicted molar refractivity (Wildman–Crippen MR) is 115 cm³/mol. The van der Waals surface area contributed by atoms with E-state index < -0.39 is 17.8 Å². The fourth-order valence-corrected chi connectivity index (χ4v) is 2.62. The van der Waals surface area contributed by atoms with Crippen LogP contribution < -0.4 is 15.6 Å². The molecule has 0 aliphatic carbocycles. The lowest BCUT2D eigenvalue weighted by atomic mass is 10.1. The average molecular weight is 416 g/mol. The number of hydrazine groups is 1. The summed E-state index contributed by atoms with van der Waals surface area (Å²) < 4.78 is 5.45. The lowest BCUT2D eigenvalue weighted by molar-refractivity contribution is -0.117. The average Bonchev–Trinajstić information content (AvgIpc) is 2.77. The van der Waals surface area contributed by atoms with Crippen LogP contribution in [0.15, 0.2) is 78.9 Å². The van der Waals surface area contributed by atoms with Gasteiger partial charge in [-0.15, -0.1) is 0 Å². The van der Waals surface area contributed by atoms with Crippen LogP contribution in [0.4, 0.5) is 0 Å². The molecule has 3 N–H and O–H groups in total. The van der Waals surface area contributed by atoms with E-state index in [2.05, 4.69) is 10.9 Å². The minimum atomic E-state index is -0.660. The van der Waals surface area contributed by atoms with Crippen molar-refractivity contribution in [1.29, 1.82) is 0 Å². The van der Waals surface area contributed by atoms with E-state index in [0.717, 1.165) is 5.56 Å². The number of aromatic hydroxyl groups is 1. The number of aryl methyl sites for hydroxylation is 1. The number of phenolic OH excluding ortho intramolecular Hbond substituents is 1. The molecule has 0 heterocycles. The number of ether oxygens (including phenoxy) is 1. The van der Waals surface area contributed by atoms with Crippen LogP contribution in [-0.4, -0.2) is 22.9 Å². The first-order valence-corrected chi connectivity index (χ1v) is 9.38. The van der Waals surface area contributed by atoms with Crippen LogP contribution in [0.5, 0.6) is 11.5 Å². The Morgan fingerprint density at radius 2 is 1.55 bits per heavy atom. The zero-order valence-electron chi connectivity index (χ0n) is 16.7. The first-order chi connectivity index (χ1) is 14.9. The molecular formula is C24H20N2O5. The van der Waals surface area contributed by atoms with Crippen molar-refractivity contribution in [2.75, 3.05) is 0 Å². The van der Waals surface area contributed by atoms with Gasteiger partial charge in [-0.1, -0.05) is 48.0 Å². The van der Waals surface area contributed by atoms with Crippen molar-refractivity contribution in [3.63, 3.8) is 0 Å². The Kier molecular flexibility index (Phi) is 6.80. The molecule has 31 heavy (non-hydrogen) atoms. The Morgan fingerprint density at radius 1 is 0.871 bits per heavy atom. The second-order valence-corrected chi connectivity index (χ2v) is 6.59. The van der Waals surface area contributed by atoms with E-state index in [1.807, 2.05) is 19.1 Å². The Bertz CT molecular complexity index is 1140. The molecule has 0 radical (unpaired) electrons. The SMILES string of the molecule is Cc1ccc(C(=O)Oc2ccccc2/C=C/C(=O)NNC(=O)c2ccccc2O)cc1. The molecule has 7 nitrogen and oxygen atoms in total. The molecule has 7 heteroatoms. The van der Waals surface area contributed by atoms with Gasteiger partial charge in [0.05, 0.1) is 11.1 Å². The van der Waals surface area contributed by atoms with Gasteiger partial charge in [-0.05, 0) is 43.3 Å². The highest BCUT2D eigenvalue weighted by atomic mass is 16.5. The Balaban J connectivity index is 1.62. The Hall–Kier alpha value is -4.39. The van der Waals surface area contributed by atoms with E-state index in [1.54, 1.807) is 48.5 Å². The smallest absolute Gasteiger partial charge is 0.343 e. The van der Waals surface area contributed by atoms with Gasteiger partial charge in [0.1, 0.15) is 11.5 Å². The molecule has 2 amide bonds. The van der Waals surface area contributed by atoms with Crippen LogP contribution in [0, 0.1) is 6.92 Å². The first-order valence-electron chi connectivity index (χ1n) is 9.38. The van der Waals surface area contributed by atoms with E-state index in [1.165, 1.54) is 24.3 Å². The Labute approximate surface area is 179 Å². The molecule has 3 aromatic rings. The van der Waals surface area contributed by atoms with Crippen molar-refractivity contribution in [3.05, 3.63) is 101 Å². The van der Waals surface area contributed by atoms with Crippen LogP contribution in [0.25, 0.3) is 6.08 Å². The van der Waals surface area contributed by atoms with E-state index in [-0.39, 0.29) is 17.1 Å². The van der Waals surface area contributed by atoms with Crippen molar-refractivity contribution in [1.82, 2.24) is 10.9 Å². The maximum absolute atomic E-state index is 12.4. The minimum absolute atomic E-state index is 0.0279. The summed E-state index contributed by atoms with van der Waals surface area (Å²) in [6.45, 7) is 1.92. The predicted octanol–water partition coefficient (Wildman–Crippen LogP) is 3.39. The fourth-order valence-electron chi connectivity index (χ4n) is 2.62. The molecular weight excluding hydrogens is 396 g/mol. The van der Waals surface area contributed by atoms with Gasteiger partial charge in [-0.3, -0.25) is 20.4 Å². The number of hydrogen-bond donors (Lipinski definition) is 3. The van der Waals surface area contributed by atoms with Crippen molar-refractivity contribution in [2.24, 2.45) is 0 Å². The number of carbonyl (C=O) groups excluding carboxylic acids is 3. The van der Waals surface area contributed by atoms with Crippen LogP contribution in [0.2, 0.25) is 0 Å². The molecule has 0 spiro atoms. The van der Waals surface area contributed by atoms with Gasteiger partial charge in [-0.2, -0.15) is 0 Å². The number of phenols is 1. The van der Waals surface area contributed by atoms with Gasteiger partial charge < -0.3 is 9.84 Å². The third-order valence-corrected chi connectivity index (χ3v) is 4.27. The van der Waals surface area contributed by atoms with Gasteiger partial charge in [0.2, 0.25) is 0 Å². The van der Waals surface area contributed by atoms with Crippen LogP contribution in [0.1, 0.15) is 31.8 Å². The molecule has 3 rings (SSSR count). The van der Waals surface area contributed by atoms with Crippen molar-refractivity contribution in [3.8, 4) is 11.5 Å². The number of benzene rings is 3. The largest absolute Gasteiger partial charge is 0.507 e. The van der Waals surface area contributed by atoms with E-state index >= 15 is 0 Å². The molecule has 0 aromatic heterocycles. The molecule has 3 aromatic carbocycles. The summed E-state index contributed by atoms with van der Waals surface area (Å²) in [4.78, 5) is 36.4. The number of carbonyl (C=O) groups is 3. The molecule has 156 valence electrons. The quantitative estimate of drug-likeness (QED) is 0.256. The monoisotopic (exact) mass is 416 g/mol. The summed E-state index contributed by atoms with van der Waals surface area (Å²) in [7, 11) is 0. The van der Waals surface area contributed by atoms with Gasteiger partial charge in [-0.25, -0.2) is 4.79 Å². The van der Waals surface area contributed by atoms with Crippen LogP contribution in [0.3, 0.4) is 0 Å². The number of esters is 1. The normalized spacial score (nSPS) is 10.5. The van der Waals surface area contributed by atoms with Crippen LogP contribution in [-0.2, 0) is 4.79 Å². The highest BCUT2D eigenvalue weighted by molar-refractivity contribution is 5.99. The van der Waals surface area contributed by atoms with Gasteiger partial charge >= 0.3 is 5.97 Å². The second kappa shape index (κ2) is 9.89. The molecule has 0 saturated heterocycles. The number of hydrogen-bond acceptors (Lipinski definition) is 5. The fraction of sp³-hybridized carbons (Fsp3) is 0.0417. The highest BCUT2D eigenvalue weighted by Gasteiger charge is 2.12. The standard InChI is InChI=1S/C24H20N2O5/c1-16-10-12-18(13-11-16)24(30)31-21-9-5-2-6-17(21)14-15-22(28)25-26-23(29)19-7-3-4-8-20(19)27/h2-15,27H,1H3,(H,25,28)(H,26,29)/b15-14+. The van der Waals surface area contributed by atoms with Crippen molar-refractivity contribution < 1.29 is 24.2 Å². The van der Waals surface area contributed by atoms with E-state index in [4.69, 9.17) is 4.74 Å². The second-order valence-electron chi connectivity index (χ2n) is 6.59. The first kappa shape index (κ1) is 21.3. The highest BCUT2D eigenvalue weighted by Crippen LogP contribution is 2.21. The summed E-state index contributed by atoms with van der Waals surface area (Å²) in [5, 5.41) is 9.67. The zero-order valence-corrected chi connectivity index (χ0v) is 16.7. The number of para-hydroxylation sites is 2. The summed E-state index contributed by atoms with van der Waals surface area (Å²) in [6.07, 6.45) is 2.64. The molecule has 0 aliphatic heterocycles. The Morgan fingerprint density at radius 3 is 2.29 bits per heavy atom. The summed E-state index contributed by atoms with van der Waals surface area (Å²) >= 11 is 0. The summed E-state index contributed by atoms with van der Waals surface area (Å²) in [5.74, 6) is -1.69. The van der Waals surface area contributed by atoms with E-state index in [0.29, 0.717) is 11.1 Å². The molecule has 0 atom stereocenters. The lowest BCUT2D eigenvalue weighted by Crippen LogP contribution is -2.40. The third-order valence-electron chi connectivity index (χ3n) is 4.27. The number of rotatable bonds is 5. The van der Waals surface area contributed by atoms with E-state index in [9.17, 15) is 19.5 Å². The van der Waals surface area contributed by atoms with Crippen molar-refractivity contribution >= 4 is 23.9 Å². The number of nitrogens with one attached hydrogen (secondary N) is 2. The maximum Gasteiger partial charge on any atom is 0.343 e. The molecule has 0 bridgehead atoms. The zero-order chi connectivity index (χ0) is 22.2. The minimum Gasteiger partial charge on any atom is -0.507 e. The molecule has 0 fully saturated rings. The summed E-state index contributed by atoms with van der Waals surface area (Å²) in [6, 6.07) is 19.7.